The molecule has 2 fully saturated rings. The third-order valence-electron chi connectivity index (χ3n) is 6.63. The van der Waals surface area contributed by atoms with Crippen LogP contribution >= 0.6 is 11.8 Å². The molecule has 2 saturated heterocycles. The molecule has 0 radical (unpaired) electrons. The molecule has 0 amide bonds. The molecule has 5 rings (SSSR count). The van der Waals surface area contributed by atoms with Crippen molar-refractivity contribution in [2.45, 2.75) is 39.2 Å². The Morgan fingerprint density at radius 1 is 1.13 bits per heavy atom. The maximum Gasteiger partial charge on any atom is 0.139 e. The number of hydrogen-bond donors (Lipinski definition) is 0. The van der Waals surface area contributed by atoms with Gasteiger partial charge in [0.2, 0.25) is 0 Å². The molecule has 1 aromatic carbocycles. The lowest BCUT2D eigenvalue weighted by Crippen LogP contribution is -2.37. The fraction of sp³-hybridized carbons (Fsp3) is 0.625. The van der Waals surface area contributed by atoms with Gasteiger partial charge in [0.15, 0.2) is 0 Å². The summed E-state index contributed by atoms with van der Waals surface area (Å²) in [5.41, 5.74) is 2.27. The normalized spacial score (nSPS) is 24.8. The summed E-state index contributed by atoms with van der Waals surface area (Å²) < 4.78 is 5.50. The summed E-state index contributed by atoms with van der Waals surface area (Å²) in [6.45, 7) is 10.1. The van der Waals surface area contributed by atoms with Crippen molar-refractivity contribution in [2.75, 3.05) is 54.9 Å². The summed E-state index contributed by atoms with van der Waals surface area (Å²) in [5, 5.41) is 2.51. The maximum atomic E-state index is 5.50. The van der Waals surface area contributed by atoms with Gasteiger partial charge in [-0.3, -0.25) is 4.99 Å². The SMILES string of the molecule is CC(C)C1=NC(CC2CCCN(c3ncnc4cc(N5CCOCC5)ccc34)C2)CS1. The lowest BCUT2D eigenvalue weighted by atomic mass is 9.91. The van der Waals surface area contributed by atoms with Crippen LogP contribution in [0.2, 0.25) is 0 Å². The van der Waals surface area contributed by atoms with Crippen LogP contribution in [0.1, 0.15) is 33.1 Å². The molecule has 0 spiro atoms. The quantitative estimate of drug-likeness (QED) is 0.694. The number of nitrogens with zero attached hydrogens (tertiary/aromatic N) is 5. The zero-order valence-electron chi connectivity index (χ0n) is 18.7. The highest BCUT2D eigenvalue weighted by molar-refractivity contribution is 8.14. The van der Waals surface area contributed by atoms with Gasteiger partial charge in [0.05, 0.1) is 29.8 Å². The van der Waals surface area contributed by atoms with Gasteiger partial charge in [-0.25, -0.2) is 9.97 Å². The molecule has 2 aromatic rings. The zero-order chi connectivity index (χ0) is 21.2. The summed E-state index contributed by atoms with van der Waals surface area (Å²) in [6.07, 6.45) is 5.46. The number of aromatic nitrogens is 2. The van der Waals surface area contributed by atoms with Crippen molar-refractivity contribution in [3.05, 3.63) is 24.5 Å². The first-order valence-corrected chi connectivity index (χ1v) is 12.7. The van der Waals surface area contributed by atoms with Gasteiger partial charge in [0.1, 0.15) is 12.1 Å². The van der Waals surface area contributed by atoms with E-state index in [9.17, 15) is 0 Å². The fourth-order valence-corrected chi connectivity index (χ4v) is 6.14. The smallest absolute Gasteiger partial charge is 0.139 e. The Hall–Kier alpha value is -1.86. The average Bonchev–Trinajstić information content (AvgIpc) is 3.28. The van der Waals surface area contributed by atoms with Gasteiger partial charge in [0, 0.05) is 48.9 Å². The number of aliphatic imine (C=N–C) groups is 1. The Balaban J connectivity index is 1.31. The first kappa shape index (κ1) is 21.0. The van der Waals surface area contributed by atoms with Gasteiger partial charge in [-0.2, -0.15) is 0 Å². The molecule has 7 heteroatoms. The van der Waals surface area contributed by atoms with E-state index in [1.54, 1.807) is 6.33 Å². The number of piperidine rings is 1. The minimum atomic E-state index is 0.491. The Labute approximate surface area is 189 Å². The summed E-state index contributed by atoms with van der Waals surface area (Å²) in [6, 6.07) is 7.14. The van der Waals surface area contributed by atoms with Crippen LogP contribution in [0.15, 0.2) is 29.5 Å². The zero-order valence-corrected chi connectivity index (χ0v) is 19.5. The molecule has 31 heavy (non-hydrogen) atoms. The van der Waals surface area contributed by atoms with Gasteiger partial charge in [-0.15, -0.1) is 11.8 Å². The lowest BCUT2D eigenvalue weighted by Gasteiger charge is -2.35. The van der Waals surface area contributed by atoms with Crippen molar-refractivity contribution in [1.29, 1.82) is 0 Å². The molecule has 2 atom stereocenters. The lowest BCUT2D eigenvalue weighted by molar-refractivity contribution is 0.122. The van der Waals surface area contributed by atoms with Crippen molar-refractivity contribution in [3.63, 3.8) is 0 Å². The fourth-order valence-electron chi connectivity index (χ4n) is 5.01. The van der Waals surface area contributed by atoms with Crippen molar-refractivity contribution in [2.24, 2.45) is 16.8 Å². The second-order valence-corrected chi connectivity index (χ2v) is 10.3. The van der Waals surface area contributed by atoms with E-state index in [0.29, 0.717) is 17.9 Å². The molecule has 166 valence electrons. The topological polar surface area (TPSA) is 53.9 Å². The monoisotopic (exact) mass is 439 g/mol. The van der Waals surface area contributed by atoms with E-state index in [2.05, 4.69) is 46.8 Å². The number of rotatable bonds is 5. The highest BCUT2D eigenvalue weighted by Crippen LogP contribution is 2.33. The molecule has 0 N–H and O–H groups in total. The molecule has 0 saturated carbocycles. The van der Waals surface area contributed by atoms with E-state index in [-0.39, 0.29) is 0 Å². The average molecular weight is 440 g/mol. The van der Waals surface area contributed by atoms with Gasteiger partial charge in [0.25, 0.3) is 0 Å². The first-order chi connectivity index (χ1) is 15.2. The van der Waals surface area contributed by atoms with E-state index in [1.165, 1.54) is 30.0 Å². The van der Waals surface area contributed by atoms with Crippen LogP contribution in [-0.4, -0.2) is 66.2 Å². The predicted molar refractivity (Wildman–Crippen MR) is 131 cm³/mol. The number of thioether (sulfide) groups is 1. The number of anilines is 2. The highest BCUT2D eigenvalue weighted by atomic mass is 32.2. The highest BCUT2D eigenvalue weighted by Gasteiger charge is 2.28. The van der Waals surface area contributed by atoms with E-state index < -0.39 is 0 Å². The first-order valence-electron chi connectivity index (χ1n) is 11.7. The summed E-state index contributed by atoms with van der Waals surface area (Å²) >= 11 is 1.96. The molecular weight excluding hydrogens is 406 g/mol. The summed E-state index contributed by atoms with van der Waals surface area (Å²) in [4.78, 5) is 19.2. The third-order valence-corrected chi connectivity index (χ3v) is 8.05. The number of morpholine rings is 1. The minimum absolute atomic E-state index is 0.491. The molecule has 3 aliphatic heterocycles. The van der Waals surface area contributed by atoms with Crippen molar-refractivity contribution in [1.82, 2.24) is 9.97 Å². The summed E-state index contributed by atoms with van der Waals surface area (Å²) in [7, 11) is 0. The van der Waals surface area contributed by atoms with Gasteiger partial charge in [-0.05, 0) is 43.4 Å². The van der Waals surface area contributed by atoms with E-state index >= 15 is 0 Å². The molecule has 0 aliphatic carbocycles. The predicted octanol–water partition coefficient (Wildman–Crippen LogP) is 4.24. The number of hydrogen-bond acceptors (Lipinski definition) is 7. The van der Waals surface area contributed by atoms with Crippen LogP contribution < -0.4 is 9.80 Å². The Kier molecular flexibility index (Phi) is 6.32. The molecule has 3 aliphatic rings. The minimum Gasteiger partial charge on any atom is -0.378 e. The number of benzene rings is 1. The van der Waals surface area contributed by atoms with Crippen LogP contribution in [0, 0.1) is 11.8 Å². The molecular formula is C24H33N5OS. The Bertz CT molecular complexity index is 943. The summed E-state index contributed by atoms with van der Waals surface area (Å²) in [5.74, 6) is 3.50. The molecule has 4 heterocycles. The second-order valence-electron chi connectivity index (χ2n) is 9.27. The van der Waals surface area contributed by atoms with Crippen molar-refractivity contribution in [3.8, 4) is 0 Å². The third kappa shape index (κ3) is 4.67. The molecule has 1 aromatic heterocycles. The molecule has 0 bridgehead atoms. The molecule has 6 nitrogen and oxygen atoms in total. The number of fused-ring (bicyclic) bond motifs is 1. The Morgan fingerprint density at radius 2 is 2.00 bits per heavy atom. The molecule has 2 unspecified atom stereocenters. The van der Waals surface area contributed by atoms with E-state index in [1.807, 2.05) is 11.8 Å². The number of ether oxygens (including phenoxy) is 1. The van der Waals surface area contributed by atoms with Crippen LogP contribution in [0.3, 0.4) is 0 Å². The van der Waals surface area contributed by atoms with E-state index in [4.69, 9.17) is 14.7 Å². The van der Waals surface area contributed by atoms with Gasteiger partial charge >= 0.3 is 0 Å². The van der Waals surface area contributed by atoms with Crippen molar-refractivity contribution >= 4 is 39.2 Å². The van der Waals surface area contributed by atoms with Crippen LogP contribution in [0.5, 0.6) is 0 Å². The van der Waals surface area contributed by atoms with E-state index in [0.717, 1.165) is 61.9 Å². The Morgan fingerprint density at radius 3 is 2.81 bits per heavy atom. The van der Waals surface area contributed by atoms with Gasteiger partial charge in [-0.1, -0.05) is 13.8 Å². The van der Waals surface area contributed by atoms with Crippen LogP contribution in [-0.2, 0) is 4.74 Å². The van der Waals surface area contributed by atoms with Crippen LogP contribution in [0.4, 0.5) is 11.5 Å². The standard InChI is InChI=1S/C24H33N5OS/c1-17(2)24-27-19(15-31-24)12-18-4-3-7-29(14-18)23-21-6-5-20(13-22(21)25-16-26-23)28-8-10-30-11-9-28/h5-6,13,16-19H,3-4,7-12,14-15H2,1-2H3. The largest absolute Gasteiger partial charge is 0.378 e. The van der Waals surface area contributed by atoms with Gasteiger partial charge < -0.3 is 14.5 Å². The second kappa shape index (κ2) is 9.33. The maximum absolute atomic E-state index is 5.50. The van der Waals surface area contributed by atoms with Crippen LogP contribution in [0.25, 0.3) is 10.9 Å². The van der Waals surface area contributed by atoms with Crippen molar-refractivity contribution < 1.29 is 4.74 Å².